The molecule has 84 valence electrons. The molecular weight excluding hydrogens is 214 g/mol. The quantitative estimate of drug-likeness (QED) is 0.830. The SMILES string of the molecule is CNC(C(=O)[O-])c1cccc(C)c1C.Cl. The number of carboxylic acids is 1. The Morgan fingerprint density at radius 3 is 2.47 bits per heavy atom. The normalized spacial score (nSPS) is 11.7. The fourth-order valence-electron chi connectivity index (χ4n) is 1.49. The predicted molar refractivity (Wildman–Crippen MR) is 60.0 cm³/mol. The molecule has 4 heteroatoms. The minimum absolute atomic E-state index is 0. The maximum absolute atomic E-state index is 10.8. The highest BCUT2D eigenvalue weighted by Crippen LogP contribution is 2.19. The van der Waals surface area contributed by atoms with Gasteiger partial charge in [-0.1, -0.05) is 18.2 Å². The average molecular weight is 229 g/mol. The first-order valence-electron chi connectivity index (χ1n) is 4.52. The van der Waals surface area contributed by atoms with E-state index in [0.717, 1.165) is 16.7 Å². The molecule has 3 nitrogen and oxygen atoms in total. The Morgan fingerprint density at radius 1 is 1.40 bits per heavy atom. The van der Waals surface area contributed by atoms with Crippen molar-refractivity contribution >= 4 is 18.4 Å². The summed E-state index contributed by atoms with van der Waals surface area (Å²) in [5, 5.41) is 13.5. The third-order valence-corrected chi connectivity index (χ3v) is 2.48. The van der Waals surface area contributed by atoms with E-state index < -0.39 is 12.0 Å². The molecule has 0 saturated heterocycles. The Kier molecular flexibility index (Phi) is 5.33. The van der Waals surface area contributed by atoms with Gasteiger partial charge in [0, 0.05) is 0 Å². The van der Waals surface area contributed by atoms with Gasteiger partial charge in [0.1, 0.15) is 0 Å². The molecule has 0 fully saturated rings. The van der Waals surface area contributed by atoms with Gasteiger partial charge in [0.2, 0.25) is 0 Å². The number of benzene rings is 1. The lowest BCUT2D eigenvalue weighted by Gasteiger charge is -2.20. The second-order valence-electron chi connectivity index (χ2n) is 3.33. The van der Waals surface area contributed by atoms with Crippen molar-refractivity contribution in [1.82, 2.24) is 5.32 Å². The third-order valence-electron chi connectivity index (χ3n) is 2.48. The third kappa shape index (κ3) is 2.94. The molecule has 0 heterocycles. The molecule has 0 bridgehead atoms. The number of carbonyl (C=O) groups is 1. The highest BCUT2D eigenvalue weighted by Gasteiger charge is 2.12. The Hall–Kier alpha value is -1.06. The number of nitrogens with one attached hydrogen (secondary N) is 1. The second kappa shape index (κ2) is 5.73. The zero-order chi connectivity index (χ0) is 10.7. The van der Waals surface area contributed by atoms with E-state index in [1.54, 1.807) is 13.1 Å². The summed E-state index contributed by atoms with van der Waals surface area (Å²) in [7, 11) is 1.61. The first-order valence-corrected chi connectivity index (χ1v) is 4.52. The van der Waals surface area contributed by atoms with Crippen molar-refractivity contribution in [2.45, 2.75) is 19.9 Å². The fraction of sp³-hybridized carbons (Fsp3) is 0.364. The monoisotopic (exact) mass is 228 g/mol. The molecule has 0 amide bonds. The first kappa shape index (κ1) is 13.9. The van der Waals surface area contributed by atoms with E-state index in [1.807, 2.05) is 26.0 Å². The van der Waals surface area contributed by atoms with Gasteiger partial charge in [0.25, 0.3) is 0 Å². The van der Waals surface area contributed by atoms with Crippen LogP contribution in [-0.2, 0) is 4.79 Å². The molecule has 0 aromatic heterocycles. The number of carboxylic acid groups (broad SMARTS) is 1. The van der Waals surface area contributed by atoms with Gasteiger partial charge in [-0.2, -0.15) is 0 Å². The molecule has 0 aliphatic heterocycles. The predicted octanol–water partition coefficient (Wildman–Crippen LogP) is 0.736. The summed E-state index contributed by atoms with van der Waals surface area (Å²) in [5.74, 6) is -1.10. The van der Waals surface area contributed by atoms with Gasteiger partial charge in [0.05, 0.1) is 12.0 Å². The van der Waals surface area contributed by atoms with Crippen LogP contribution in [0.25, 0.3) is 0 Å². The number of hydrogen-bond acceptors (Lipinski definition) is 3. The second-order valence-corrected chi connectivity index (χ2v) is 3.33. The standard InChI is InChI=1S/C11H15NO2.ClH/c1-7-5-4-6-9(8(7)2)10(12-3)11(13)14;/h4-6,10,12H,1-3H3,(H,13,14);1H/p-1. The molecule has 15 heavy (non-hydrogen) atoms. The molecule has 1 aromatic rings. The van der Waals surface area contributed by atoms with E-state index >= 15 is 0 Å². The lowest BCUT2D eigenvalue weighted by Crippen LogP contribution is -2.37. The van der Waals surface area contributed by atoms with Gasteiger partial charge in [-0.3, -0.25) is 0 Å². The summed E-state index contributed by atoms with van der Waals surface area (Å²) >= 11 is 0. The minimum Gasteiger partial charge on any atom is -0.548 e. The Bertz CT molecular complexity index is 352. The highest BCUT2D eigenvalue weighted by molar-refractivity contribution is 5.85. The number of rotatable bonds is 3. The van der Waals surface area contributed by atoms with Crippen molar-refractivity contribution in [2.24, 2.45) is 0 Å². The van der Waals surface area contributed by atoms with Crippen LogP contribution in [0.2, 0.25) is 0 Å². The van der Waals surface area contributed by atoms with Gasteiger partial charge >= 0.3 is 0 Å². The summed E-state index contributed by atoms with van der Waals surface area (Å²) < 4.78 is 0. The van der Waals surface area contributed by atoms with Crippen LogP contribution in [0.15, 0.2) is 18.2 Å². The molecule has 0 saturated carbocycles. The van der Waals surface area contributed by atoms with Crippen molar-refractivity contribution in [3.8, 4) is 0 Å². The molecule has 0 aliphatic rings. The maximum atomic E-state index is 10.8. The van der Waals surface area contributed by atoms with E-state index in [0.29, 0.717) is 0 Å². The van der Waals surface area contributed by atoms with Crippen LogP contribution in [0.3, 0.4) is 0 Å². The van der Waals surface area contributed by atoms with Crippen LogP contribution in [0.4, 0.5) is 0 Å². The van der Waals surface area contributed by atoms with Crippen molar-refractivity contribution in [1.29, 1.82) is 0 Å². The Morgan fingerprint density at radius 2 is 2.00 bits per heavy atom. The zero-order valence-corrected chi connectivity index (χ0v) is 9.85. The van der Waals surface area contributed by atoms with Crippen LogP contribution < -0.4 is 10.4 Å². The number of halogens is 1. The molecule has 1 aromatic carbocycles. The maximum Gasteiger partial charge on any atom is 0.0724 e. The van der Waals surface area contributed by atoms with Crippen LogP contribution in [0, 0.1) is 13.8 Å². The van der Waals surface area contributed by atoms with E-state index in [-0.39, 0.29) is 12.4 Å². The number of likely N-dealkylation sites (N-methyl/N-ethyl adjacent to an activating group) is 1. The van der Waals surface area contributed by atoms with Crippen LogP contribution in [0.5, 0.6) is 0 Å². The topological polar surface area (TPSA) is 52.2 Å². The Balaban J connectivity index is 0.00000196. The van der Waals surface area contributed by atoms with Crippen molar-refractivity contribution < 1.29 is 9.90 Å². The molecule has 1 unspecified atom stereocenters. The molecule has 1 rings (SSSR count). The minimum atomic E-state index is -1.10. The van der Waals surface area contributed by atoms with Crippen LogP contribution >= 0.6 is 12.4 Å². The zero-order valence-electron chi connectivity index (χ0n) is 9.03. The molecule has 1 atom stereocenters. The summed E-state index contributed by atoms with van der Waals surface area (Å²) in [6, 6.07) is 4.89. The van der Waals surface area contributed by atoms with Crippen molar-refractivity contribution in [2.75, 3.05) is 7.05 Å². The van der Waals surface area contributed by atoms with Gasteiger partial charge < -0.3 is 15.2 Å². The number of hydrogen-bond donors (Lipinski definition) is 1. The molecule has 0 radical (unpaired) electrons. The van der Waals surface area contributed by atoms with Crippen LogP contribution in [-0.4, -0.2) is 13.0 Å². The molecule has 0 aliphatic carbocycles. The van der Waals surface area contributed by atoms with Crippen molar-refractivity contribution in [3.63, 3.8) is 0 Å². The molecule has 1 N–H and O–H groups in total. The van der Waals surface area contributed by atoms with E-state index in [4.69, 9.17) is 0 Å². The molecular formula is C11H15ClNO2-. The van der Waals surface area contributed by atoms with Crippen LogP contribution in [0.1, 0.15) is 22.7 Å². The van der Waals surface area contributed by atoms with E-state index in [1.165, 1.54) is 0 Å². The number of carbonyl (C=O) groups excluding carboxylic acids is 1. The van der Waals surface area contributed by atoms with E-state index in [9.17, 15) is 9.90 Å². The van der Waals surface area contributed by atoms with Gasteiger partial charge in [-0.15, -0.1) is 12.4 Å². The van der Waals surface area contributed by atoms with E-state index in [2.05, 4.69) is 5.32 Å². The summed E-state index contributed by atoms with van der Waals surface area (Å²) in [4.78, 5) is 10.8. The van der Waals surface area contributed by atoms with Crippen molar-refractivity contribution in [3.05, 3.63) is 34.9 Å². The summed E-state index contributed by atoms with van der Waals surface area (Å²) in [6.45, 7) is 3.87. The largest absolute Gasteiger partial charge is 0.548 e. The fourth-order valence-corrected chi connectivity index (χ4v) is 1.49. The number of aliphatic carboxylic acids is 1. The summed E-state index contributed by atoms with van der Waals surface area (Å²) in [5.41, 5.74) is 2.85. The molecule has 0 spiro atoms. The van der Waals surface area contributed by atoms with Gasteiger partial charge in [-0.05, 0) is 37.6 Å². The first-order chi connectivity index (χ1) is 6.57. The average Bonchev–Trinajstić information content (AvgIpc) is 2.13. The van der Waals surface area contributed by atoms with Gasteiger partial charge in [0.15, 0.2) is 0 Å². The lowest BCUT2D eigenvalue weighted by atomic mass is 9.98. The summed E-state index contributed by atoms with van der Waals surface area (Å²) in [6.07, 6.45) is 0. The lowest BCUT2D eigenvalue weighted by molar-refractivity contribution is -0.308. The van der Waals surface area contributed by atoms with Gasteiger partial charge in [-0.25, -0.2) is 0 Å². The Labute approximate surface area is 95.9 Å². The smallest absolute Gasteiger partial charge is 0.0724 e. The highest BCUT2D eigenvalue weighted by atomic mass is 35.5. The number of aryl methyl sites for hydroxylation is 1.